The average molecular weight is 623 g/mol. The number of halogens is 3. The Hall–Kier alpha value is -3.52. The Bertz CT molecular complexity index is 1460. The van der Waals surface area contributed by atoms with Crippen molar-refractivity contribution in [1.29, 1.82) is 0 Å². The predicted molar refractivity (Wildman–Crippen MR) is 157 cm³/mol. The number of carboxylic acid groups (broad SMARTS) is 1. The van der Waals surface area contributed by atoms with E-state index in [1.165, 1.54) is 5.56 Å². The SMILES string of the molecule is COc1ccc(CNC2CCN(C)CC2)cc1-c1ccc(S(=O)(=O)NCCc2ccccn2)c(C)c1.O=C(O)C(F)(F)F. The summed E-state index contributed by atoms with van der Waals surface area (Å²) in [7, 11) is 0.197. The number of likely N-dealkylation sites (tertiary alicyclic amines) is 1. The highest BCUT2D eigenvalue weighted by molar-refractivity contribution is 7.89. The first kappa shape index (κ1) is 34.0. The largest absolute Gasteiger partial charge is 0.496 e. The molecule has 234 valence electrons. The number of hydrogen-bond donors (Lipinski definition) is 3. The van der Waals surface area contributed by atoms with Crippen LogP contribution < -0.4 is 14.8 Å². The number of sulfonamides is 1. The zero-order valence-corrected chi connectivity index (χ0v) is 25.1. The maximum Gasteiger partial charge on any atom is 0.490 e. The van der Waals surface area contributed by atoms with Crippen LogP contribution in [0.15, 0.2) is 65.7 Å². The summed E-state index contributed by atoms with van der Waals surface area (Å²) in [6, 6.07) is 17.8. The first-order valence-corrected chi connectivity index (χ1v) is 15.2. The zero-order chi connectivity index (χ0) is 31.6. The van der Waals surface area contributed by atoms with E-state index in [1.54, 1.807) is 19.4 Å². The highest BCUT2D eigenvalue weighted by atomic mass is 32.2. The van der Waals surface area contributed by atoms with Gasteiger partial charge in [0, 0.05) is 43.0 Å². The molecule has 1 saturated heterocycles. The van der Waals surface area contributed by atoms with Crippen molar-refractivity contribution in [2.24, 2.45) is 0 Å². The van der Waals surface area contributed by atoms with Crippen LogP contribution >= 0.6 is 0 Å². The first-order chi connectivity index (χ1) is 20.3. The molecule has 0 spiro atoms. The van der Waals surface area contributed by atoms with E-state index in [0.29, 0.717) is 24.6 Å². The number of piperidine rings is 1. The van der Waals surface area contributed by atoms with Crippen molar-refractivity contribution in [3.63, 3.8) is 0 Å². The van der Waals surface area contributed by atoms with Crippen molar-refractivity contribution in [1.82, 2.24) is 19.9 Å². The van der Waals surface area contributed by atoms with Gasteiger partial charge in [0.1, 0.15) is 5.75 Å². The number of carbonyl (C=O) groups is 1. The Balaban J connectivity index is 0.000000646. The number of ether oxygens (including phenoxy) is 1. The van der Waals surface area contributed by atoms with Crippen LogP contribution in [0.3, 0.4) is 0 Å². The minimum absolute atomic E-state index is 0.284. The van der Waals surface area contributed by atoms with Crippen LogP contribution in [-0.2, 0) is 27.8 Å². The Morgan fingerprint density at radius 1 is 1.12 bits per heavy atom. The number of hydrogen-bond acceptors (Lipinski definition) is 7. The second-order valence-corrected chi connectivity index (χ2v) is 12.0. The van der Waals surface area contributed by atoms with E-state index < -0.39 is 22.2 Å². The molecule has 0 bridgehead atoms. The molecule has 4 rings (SSSR count). The van der Waals surface area contributed by atoms with E-state index in [1.807, 2.05) is 43.3 Å². The fourth-order valence-corrected chi connectivity index (χ4v) is 5.88. The van der Waals surface area contributed by atoms with Gasteiger partial charge in [0.2, 0.25) is 10.0 Å². The van der Waals surface area contributed by atoms with Crippen LogP contribution in [0, 0.1) is 6.92 Å². The molecule has 0 amide bonds. The van der Waals surface area contributed by atoms with Crippen molar-refractivity contribution in [3.8, 4) is 16.9 Å². The fourth-order valence-electron chi connectivity index (χ4n) is 4.62. The number of aliphatic carboxylic acids is 1. The lowest BCUT2D eigenvalue weighted by molar-refractivity contribution is -0.192. The Labute approximate surface area is 250 Å². The van der Waals surface area contributed by atoms with Crippen molar-refractivity contribution in [2.45, 2.75) is 49.8 Å². The van der Waals surface area contributed by atoms with Gasteiger partial charge in [-0.25, -0.2) is 17.9 Å². The number of carboxylic acids is 1. The van der Waals surface area contributed by atoms with Gasteiger partial charge in [-0.2, -0.15) is 13.2 Å². The average Bonchev–Trinajstić information content (AvgIpc) is 2.97. The van der Waals surface area contributed by atoms with E-state index >= 15 is 0 Å². The molecular weight excluding hydrogens is 585 g/mol. The molecule has 1 aliphatic heterocycles. The van der Waals surface area contributed by atoms with E-state index in [-0.39, 0.29) is 4.90 Å². The van der Waals surface area contributed by atoms with Crippen LogP contribution in [-0.4, -0.2) is 75.4 Å². The molecule has 1 fully saturated rings. The number of aromatic nitrogens is 1. The molecule has 0 unspecified atom stereocenters. The smallest absolute Gasteiger partial charge is 0.490 e. The highest BCUT2D eigenvalue weighted by Gasteiger charge is 2.38. The van der Waals surface area contributed by atoms with Crippen molar-refractivity contribution in [2.75, 3.05) is 33.8 Å². The highest BCUT2D eigenvalue weighted by Crippen LogP contribution is 2.33. The van der Waals surface area contributed by atoms with Gasteiger partial charge in [-0.3, -0.25) is 4.98 Å². The lowest BCUT2D eigenvalue weighted by atomic mass is 9.99. The topological polar surface area (TPSA) is 121 Å². The third kappa shape index (κ3) is 10.3. The van der Waals surface area contributed by atoms with Crippen LogP contribution in [0.5, 0.6) is 5.75 Å². The number of rotatable bonds is 10. The second kappa shape index (κ2) is 15.3. The van der Waals surface area contributed by atoms with Gasteiger partial charge in [-0.05, 0) is 93.0 Å². The fraction of sp³-hybridized carbons (Fsp3) is 0.400. The van der Waals surface area contributed by atoms with Gasteiger partial charge in [0.25, 0.3) is 0 Å². The van der Waals surface area contributed by atoms with Gasteiger partial charge >= 0.3 is 12.1 Å². The maximum absolute atomic E-state index is 13.0. The summed E-state index contributed by atoms with van der Waals surface area (Å²) >= 11 is 0. The van der Waals surface area contributed by atoms with Crippen LogP contribution in [0.1, 0.15) is 29.7 Å². The van der Waals surface area contributed by atoms with Crippen molar-refractivity contribution in [3.05, 3.63) is 77.6 Å². The molecule has 0 radical (unpaired) electrons. The molecule has 43 heavy (non-hydrogen) atoms. The predicted octanol–water partition coefficient (Wildman–Crippen LogP) is 4.40. The second-order valence-electron chi connectivity index (χ2n) is 10.2. The number of benzene rings is 2. The molecule has 2 aromatic carbocycles. The Morgan fingerprint density at radius 3 is 2.40 bits per heavy atom. The van der Waals surface area contributed by atoms with E-state index in [4.69, 9.17) is 14.6 Å². The summed E-state index contributed by atoms with van der Waals surface area (Å²) in [5.41, 5.74) is 4.60. The standard InChI is InChI=1S/C28H36N4O3S.C2HF3O2/c1-21-18-23(8-10-28(21)36(33,34)31-15-11-24-6-4-5-14-29-24)26-19-22(7-9-27(26)35-3)20-30-25-12-16-32(2)17-13-25;3-2(4,5)1(6)7/h4-10,14,18-19,25,30-31H,11-13,15-17,20H2,1-3H3;(H,6,7). The molecule has 3 aromatic rings. The number of pyridine rings is 1. The number of nitrogens with one attached hydrogen (secondary N) is 2. The van der Waals surface area contributed by atoms with Gasteiger partial charge in [-0.1, -0.05) is 18.2 Å². The molecular formula is C30H37F3N4O5S. The van der Waals surface area contributed by atoms with Crippen molar-refractivity contribution < 1.29 is 36.2 Å². The summed E-state index contributed by atoms with van der Waals surface area (Å²) in [6.07, 6.45) is -0.525. The normalized spacial score (nSPS) is 14.6. The monoisotopic (exact) mass is 622 g/mol. The summed E-state index contributed by atoms with van der Waals surface area (Å²) in [6.45, 7) is 5.16. The summed E-state index contributed by atoms with van der Waals surface area (Å²) in [4.78, 5) is 15.8. The number of methoxy groups -OCH3 is 1. The Morgan fingerprint density at radius 2 is 1.81 bits per heavy atom. The minimum Gasteiger partial charge on any atom is -0.496 e. The van der Waals surface area contributed by atoms with Gasteiger partial charge in [-0.15, -0.1) is 0 Å². The third-order valence-electron chi connectivity index (χ3n) is 6.99. The van der Waals surface area contributed by atoms with Crippen LogP contribution in [0.4, 0.5) is 13.2 Å². The quantitative estimate of drug-likeness (QED) is 0.304. The van der Waals surface area contributed by atoms with Gasteiger partial charge < -0.3 is 20.1 Å². The molecule has 0 aliphatic carbocycles. The van der Waals surface area contributed by atoms with E-state index in [9.17, 15) is 21.6 Å². The molecule has 1 aliphatic rings. The number of alkyl halides is 3. The Kier molecular flexibility index (Phi) is 12.1. The molecule has 0 atom stereocenters. The maximum atomic E-state index is 13.0. The zero-order valence-electron chi connectivity index (χ0n) is 24.3. The van der Waals surface area contributed by atoms with Crippen LogP contribution in [0.2, 0.25) is 0 Å². The summed E-state index contributed by atoms with van der Waals surface area (Å²) < 4.78 is 66.0. The van der Waals surface area contributed by atoms with Gasteiger partial charge in [0.15, 0.2) is 0 Å². The minimum atomic E-state index is -5.08. The lowest BCUT2D eigenvalue weighted by Crippen LogP contribution is -2.40. The molecule has 2 heterocycles. The number of nitrogens with zero attached hydrogens (tertiary/aromatic N) is 2. The van der Waals surface area contributed by atoms with Gasteiger partial charge in [0.05, 0.1) is 12.0 Å². The molecule has 0 saturated carbocycles. The molecule has 3 N–H and O–H groups in total. The molecule has 9 nitrogen and oxygen atoms in total. The van der Waals surface area contributed by atoms with Crippen molar-refractivity contribution >= 4 is 16.0 Å². The summed E-state index contributed by atoms with van der Waals surface area (Å²) in [5.74, 6) is -1.99. The number of aryl methyl sites for hydroxylation is 1. The van der Waals surface area contributed by atoms with Crippen LogP contribution in [0.25, 0.3) is 11.1 Å². The third-order valence-corrected chi connectivity index (χ3v) is 8.62. The summed E-state index contributed by atoms with van der Waals surface area (Å²) in [5, 5.41) is 10.8. The lowest BCUT2D eigenvalue weighted by Gasteiger charge is -2.29. The van der Waals surface area contributed by atoms with E-state index in [2.05, 4.69) is 39.1 Å². The van der Waals surface area contributed by atoms with E-state index in [0.717, 1.165) is 55.0 Å². The molecule has 13 heteroatoms. The first-order valence-electron chi connectivity index (χ1n) is 13.7. The molecule has 1 aromatic heterocycles.